The predicted molar refractivity (Wildman–Crippen MR) is 100 cm³/mol. The number of nitrogens with one attached hydrogen (secondary N) is 1. The van der Waals surface area contributed by atoms with Crippen LogP contribution in [-0.2, 0) is 4.79 Å². The number of carbonyl (C=O) groups excluding carboxylic acids is 1. The van der Waals surface area contributed by atoms with E-state index < -0.39 is 0 Å². The summed E-state index contributed by atoms with van der Waals surface area (Å²) in [5.41, 5.74) is 2.02. The summed E-state index contributed by atoms with van der Waals surface area (Å²) in [6.45, 7) is 5.24. The summed E-state index contributed by atoms with van der Waals surface area (Å²) >= 11 is 1.60. The van der Waals surface area contributed by atoms with E-state index in [9.17, 15) is 4.79 Å². The van der Waals surface area contributed by atoms with E-state index in [2.05, 4.69) is 30.3 Å². The number of hydrogen-bond acceptors (Lipinski definition) is 6. The Labute approximate surface area is 155 Å². The number of anilines is 1. The normalized spacial score (nSPS) is 25.7. The molecule has 0 bridgehead atoms. The summed E-state index contributed by atoms with van der Waals surface area (Å²) in [4.78, 5) is 29.2. The number of aryl methyl sites for hydroxylation is 1. The van der Waals surface area contributed by atoms with Gasteiger partial charge in [0.15, 0.2) is 0 Å². The average Bonchev–Trinajstić information content (AvgIpc) is 2.97. The van der Waals surface area contributed by atoms with E-state index in [0.717, 1.165) is 61.6 Å². The van der Waals surface area contributed by atoms with Gasteiger partial charge in [-0.25, -0.2) is 9.97 Å². The fourth-order valence-corrected chi connectivity index (χ4v) is 5.26. The van der Waals surface area contributed by atoms with Gasteiger partial charge in [-0.1, -0.05) is 0 Å². The van der Waals surface area contributed by atoms with Crippen molar-refractivity contribution in [1.29, 1.82) is 0 Å². The molecule has 1 spiro atoms. The Morgan fingerprint density at radius 3 is 3.08 bits per heavy atom. The van der Waals surface area contributed by atoms with Crippen molar-refractivity contribution in [3.8, 4) is 0 Å². The monoisotopic (exact) mass is 368 g/mol. The number of aromatic nitrogens is 4. The van der Waals surface area contributed by atoms with Gasteiger partial charge in [0.2, 0.25) is 6.41 Å². The van der Waals surface area contributed by atoms with Crippen molar-refractivity contribution in [3.63, 3.8) is 0 Å². The van der Waals surface area contributed by atoms with Crippen molar-refractivity contribution in [2.75, 3.05) is 31.1 Å². The Hall–Kier alpha value is -2.48. The molecule has 26 heavy (non-hydrogen) atoms. The lowest BCUT2D eigenvalue weighted by Crippen LogP contribution is -2.32. The van der Waals surface area contributed by atoms with E-state index in [0.29, 0.717) is 5.92 Å². The van der Waals surface area contributed by atoms with E-state index in [1.165, 1.54) is 4.88 Å². The minimum atomic E-state index is 0.0873. The van der Waals surface area contributed by atoms with Gasteiger partial charge in [-0.3, -0.25) is 4.79 Å². The molecule has 3 aromatic heterocycles. The van der Waals surface area contributed by atoms with Gasteiger partial charge in [-0.05, 0) is 37.0 Å². The smallest absolute Gasteiger partial charge is 0.209 e. The van der Waals surface area contributed by atoms with Crippen molar-refractivity contribution in [3.05, 3.63) is 35.2 Å². The Morgan fingerprint density at radius 1 is 1.35 bits per heavy atom. The quantitative estimate of drug-likeness (QED) is 0.717. The van der Waals surface area contributed by atoms with Crippen LogP contribution in [0.3, 0.4) is 0 Å². The number of rotatable bonds is 3. The van der Waals surface area contributed by atoms with Crippen LogP contribution in [-0.4, -0.2) is 56.8 Å². The lowest BCUT2D eigenvalue weighted by atomic mass is 10.0. The van der Waals surface area contributed by atoms with Crippen LogP contribution in [0.5, 0.6) is 0 Å². The number of hydrogen-bond donors (Lipinski definition) is 1. The van der Waals surface area contributed by atoms with Crippen LogP contribution in [0.15, 0.2) is 24.7 Å². The van der Waals surface area contributed by atoms with Crippen LogP contribution >= 0.6 is 11.5 Å². The molecule has 1 amide bonds. The summed E-state index contributed by atoms with van der Waals surface area (Å²) in [7, 11) is 0. The van der Waals surface area contributed by atoms with E-state index >= 15 is 0 Å². The molecule has 1 aliphatic heterocycles. The molecule has 7 nitrogen and oxygen atoms in total. The highest BCUT2D eigenvalue weighted by Crippen LogP contribution is 2.61. The summed E-state index contributed by atoms with van der Waals surface area (Å²) < 4.78 is 4.45. The molecular weight excluding hydrogens is 348 g/mol. The number of H-pyrrole nitrogens is 1. The first-order chi connectivity index (χ1) is 12.7. The van der Waals surface area contributed by atoms with E-state index in [1.807, 2.05) is 24.1 Å². The lowest BCUT2D eigenvalue weighted by molar-refractivity contribution is -0.118. The standard InChI is InChI=1S/C18H20N6OS/c1-12-6-15(26-22-12)14-7-18(14)8-23(11-25)4-5-24(9-18)17-13-2-3-19-16(13)20-10-21-17/h2-3,6,10-11,14H,4-5,7-9H2,1H3,(H,19,20,21). The molecule has 3 aromatic rings. The maximum atomic E-state index is 11.6. The number of fused-ring (bicyclic) bond motifs is 1. The van der Waals surface area contributed by atoms with Crippen LogP contribution < -0.4 is 4.90 Å². The van der Waals surface area contributed by atoms with Gasteiger partial charge < -0.3 is 14.8 Å². The van der Waals surface area contributed by atoms with E-state index in [1.54, 1.807) is 17.9 Å². The molecule has 2 aliphatic rings. The summed E-state index contributed by atoms with van der Waals surface area (Å²) in [6.07, 6.45) is 5.59. The first kappa shape index (κ1) is 15.7. The number of amides is 1. The Balaban J connectivity index is 1.50. The largest absolute Gasteiger partial charge is 0.354 e. The molecule has 1 saturated heterocycles. The van der Waals surface area contributed by atoms with Gasteiger partial charge in [0, 0.05) is 48.6 Å². The van der Waals surface area contributed by atoms with E-state index in [4.69, 9.17) is 0 Å². The van der Waals surface area contributed by atoms with Crippen molar-refractivity contribution in [1.82, 2.24) is 24.2 Å². The van der Waals surface area contributed by atoms with Gasteiger partial charge in [0.05, 0.1) is 11.1 Å². The molecular formula is C18H20N6OS. The maximum Gasteiger partial charge on any atom is 0.209 e. The van der Waals surface area contributed by atoms with Gasteiger partial charge >= 0.3 is 0 Å². The molecule has 1 N–H and O–H groups in total. The molecule has 2 atom stereocenters. The molecule has 1 aliphatic carbocycles. The summed E-state index contributed by atoms with van der Waals surface area (Å²) in [5.74, 6) is 1.43. The summed E-state index contributed by atoms with van der Waals surface area (Å²) in [5, 5.41) is 1.04. The third-order valence-electron chi connectivity index (χ3n) is 5.64. The zero-order chi connectivity index (χ0) is 17.7. The Morgan fingerprint density at radius 2 is 2.27 bits per heavy atom. The molecule has 5 rings (SSSR count). The highest BCUT2D eigenvalue weighted by Gasteiger charge is 2.58. The first-order valence-corrected chi connectivity index (χ1v) is 9.61. The average molecular weight is 368 g/mol. The molecule has 0 radical (unpaired) electrons. The van der Waals surface area contributed by atoms with Crippen molar-refractivity contribution < 1.29 is 4.79 Å². The second-order valence-electron chi connectivity index (χ2n) is 7.42. The molecule has 8 heteroatoms. The van der Waals surface area contributed by atoms with Crippen LogP contribution in [0.2, 0.25) is 0 Å². The van der Waals surface area contributed by atoms with E-state index in [-0.39, 0.29) is 5.41 Å². The molecule has 4 heterocycles. The van der Waals surface area contributed by atoms with Crippen LogP contribution in [0.1, 0.15) is 22.9 Å². The molecule has 1 saturated carbocycles. The fraction of sp³-hybridized carbons (Fsp3) is 0.444. The third-order valence-corrected chi connectivity index (χ3v) is 6.63. The number of nitrogens with zero attached hydrogens (tertiary/aromatic N) is 5. The summed E-state index contributed by atoms with van der Waals surface area (Å²) in [6, 6.07) is 4.22. The van der Waals surface area contributed by atoms with Crippen LogP contribution in [0, 0.1) is 12.3 Å². The second-order valence-corrected chi connectivity index (χ2v) is 8.26. The Bertz CT molecular complexity index is 967. The van der Waals surface area contributed by atoms with Gasteiger partial charge in [0.1, 0.15) is 17.8 Å². The Kier molecular flexibility index (Phi) is 3.49. The molecule has 2 fully saturated rings. The highest BCUT2D eigenvalue weighted by atomic mass is 32.1. The highest BCUT2D eigenvalue weighted by molar-refractivity contribution is 7.06. The van der Waals surface area contributed by atoms with Crippen molar-refractivity contribution in [2.45, 2.75) is 19.3 Å². The van der Waals surface area contributed by atoms with Crippen molar-refractivity contribution in [2.24, 2.45) is 5.41 Å². The van der Waals surface area contributed by atoms with Crippen molar-refractivity contribution >= 4 is 34.8 Å². The minimum absolute atomic E-state index is 0.0873. The molecule has 2 unspecified atom stereocenters. The fourth-order valence-electron chi connectivity index (χ4n) is 4.27. The third kappa shape index (κ3) is 2.47. The van der Waals surface area contributed by atoms with Gasteiger partial charge in [-0.2, -0.15) is 4.37 Å². The molecule has 134 valence electrons. The minimum Gasteiger partial charge on any atom is -0.354 e. The van der Waals surface area contributed by atoms with Gasteiger partial charge in [-0.15, -0.1) is 0 Å². The number of carbonyl (C=O) groups is 1. The zero-order valence-electron chi connectivity index (χ0n) is 14.6. The maximum absolute atomic E-state index is 11.6. The number of aromatic amines is 1. The lowest BCUT2D eigenvalue weighted by Gasteiger charge is -2.26. The van der Waals surface area contributed by atoms with Gasteiger partial charge in [0.25, 0.3) is 0 Å². The topological polar surface area (TPSA) is 78.0 Å². The first-order valence-electron chi connectivity index (χ1n) is 8.84. The van der Waals surface area contributed by atoms with Crippen LogP contribution in [0.4, 0.5) is 5.82 Å². The zero-order valence-corrected chi connectivity index (χ0v) is 15.4. The second kappa shape index (κ2) is 5.77. The predicted octanol–water partition coefficient (Wildman–Crippen LogP) is 2.18. The molecule has 0 aromatic carbocycles. The SMILES string of the molecule is Cc1cc(C2CC23CN(C=O)CCN(c2ncnc4[nH]ccc24)C3)sn1. The van der Waals surface area contributed by atoms with Crippen LogP contribution in [0.25, 0.3) is 11.0 Å².